The Morgan fingerprint density at radius 2 is 1.69 bits per heavy atom. The highest BCUT2D eigenvalue weighted by Crippen LogP contribution is 2.33. The van der Waals surface area contributed by atoms with Crippen LogP contribution in [0.3, 0.4) is 0 Å². The van der Waals surface area contributed by atoms with Gasteiger partial charge in [0.05, 0.1) is 0 Å². The maximum absolute atomic E-state index is 13.3. The lowest BCUT2D eigenvalue weighted by molar-refractivity contribution is 0.103. The number of ketones is 1. The number of aromatic nitrogens is 1. The van der Waals surface area contributed by atoms with Crippen molar-refractivity contribution >= 4 is 11.9 Å². The fraction of sp³-hybridized carbons (Fsp3) is 0.222. The molecule has 1 aliphatic rings. The SMILES string of the molecule is CCCCc1cc(-c2ccccc2)c2n1CC=C(C)C(C(=O)c1ccccc1)=C2. The number of fused-ring (bicyclic) bond motifs is 1. The van der Waals surface area contributed by atoms with Crippen LogP contribution in [0, 0.1) is 0 Å². The molecule has 4 rings (SSSR count). The van der Waals surface area contributed by atoms with Crippen molar-refractivity contribution in [2.45, 2.75) is 39.7 Å². The van der Waals surface area contributed by atoms with Crippen molar-refractivity contribution in [3.8, 4) is 11.1 Å². The van der Waals surface area contributed by atoms with E-state index in [1.165, 1.54) is 29.7 Å². The second kappa shape index (κ2) is 8.48. The summed E-state index contributed by atoms with van der Waals surface area (Å²) >= 11 is 0. The summed E-state index contributed by atoms with van der Waals surface area (Å²) in [5, 5.41) is 0. The van der Waals surface area contributed by atoms with Gasteiger partial charge in [0.2, 0.25) is 0 Å². The van der Waals surface area contributed by atoms with Crippen LogP contribution in [0.2, 0.25) is 0 Å². The van der Waals surface area contributed by atoms with E-state index >= 15 is 0 Å². The molecule has 29 heavy (non-hydrogen) atoms. The number of rotatable bonds is 6. The number of allylic oxidation sites excluding steroid dienone is 3. The standard InChI is InChI=1S/C27H27NO/c1-3-4-15-23-18-25(21-11-7-5-8-12-21)26-19-24(20(2)16-17-28(23)26)27(29)22-13-9-6-10-14-22/h5-14,16,18-19H,3-4,15,17H2,1-2H3. The number of aryl methyl sites for hydroxylation is 1. The van der Waals surface area contributed by atoms with E-state index in [1.807, 2.05) is 43.3 Å². The van der Waals surface area contributed by atoms with Crippen LogP contribution in [0.15, 0.2) is 84.0 Å². The Bertz CT molecular complexity index is 1070. The molecule has 2 aromatic carbocycles. The van der Waals surface area contributed by atoms with Gasteiger partial charge in [-0.1, -0.05) is 80.1 Å². The van der Waals surface area contributed by atoms with Crippen LogP contribution < -0.4 is 0 Å². The number of nitrogens with zero attached hydrogens (tertiary/aromatic N) is 1. The lowest BCUT2D eigenvalue weighted by Gasteiger charge is -2.09. The summed E-state index contributed by atoms with van der Waals surface area (Å²) in [6, 6.07) is 22.4. The topological polar surface area (TPSA) is 22.0 Å². The number of hydrogen-bond acceptors (Lipinski definition) is 1. The lowest BCUT2D eigenvalue weighted by Crippen LogP contribution is -2.04. The third-order valence-corrected chi connectivity index (χ3v) is 5.66. The van der Waals surface area contributed by atoms with E-state index in [4.69, 9.17) is 0 Å². The summed E-state index contributed by atoms with van der Waals surface area (Å²) in [7, 11) is 0. The van der Waals surface area contributed by atoms with Crippen LogP contribution in [0.25, 0.3) is 17.2 Å². The molecule has 0 N–H and O–H groups in total. The Morgan fingerprint density at radius 3 is 2.38 bits per heavy atom. The first-order valence-corrected chi connectivity index (χ1v) is 10.5. The number of Topliss-reactive ketones (excluding diaryl/α,β-unsaturated/α-hetero) is 1. The van der Waals surface area contributed by atoms with E-state index in [-0.39, 0.29) is 5.78 Å². The van der Waals surface area contributed by atoms with Gasteiger partial charge in [0.1, 0.15) is 0 Å². The van der Waals surface area contributed by atoms with Gasteiger partial charge >= 0.3 is 0 Å². The lowest BCUT2D eigenvalue weighted by atomic mass is 9.95. The highest BCUT2D eigenvalue weighted by Gasteiger charge is 2.21. The van der Waals surface area contributed by atoms with E-state index in [1.54, 1.807) is 0 Å². The van der Waals surface area contributed by atoms with Gasteiger partial charge in [-0.15, -0.1) is 0 Å². The van der Waals surface area contributed by atoms with Crippen molar-refractivity contribution in [1.82, 2.24) is 4.57 Å². The normalized spacial score (nSPS) is 13.3. The first-order chi connectivity index (χ1) is 14.2. The first kappa shape index (κ1) is 19.2. The molecule has 0 spiro atoms. The van der Waals surface area contributed by atoms with E-state index in [0.717, 1.165) is 35.4 Å². The molecule has 1 aromatic heterocycles. The predicted octanol–water partition coefficient (Wildman–Crippen LogP) is 6.72. The number of benzene rings is 2. The second-order valence-electron chi connectivity index (χ2n) is 7.66. The monoisotopic (exact) mass is 381 g/mol. The van der Waals surface area contributed by atoms with Crippen molar-refractivity contribution < 1.29 is 4.79 Å². The Balaban J connectivity index is 1.87. The number of carbonyl (C=O) groups excluding carboxylic acids is 1. The molecule has 0 radical (unpaired) electrons. The van der Waals surface area contributed by atoms with Gasteiger partial charge in [0.15, 0.2) is 5.78 Å². The molecule has 0 bridgehead atoms. The average molecular weight is 382 g/mol. The maximum atomic E-state index is 13.3. The van der Waals surface area contributed by atoms with Gasteiger partial charge in [-0.25, -0.2) is 0 Å². The van der Waals surface area contributed by atoms with E-state index in [2.05, 4.69) is 54.0 Å². The molecule has 0 saturated carbocycles. The van der Waals surface area contributed by atoms with Crippen LogP contribution >= 0.6 is 0 Å². The summed E-state index contributed by atoms with van der Waals surface area (Å²) in [5.74, 6) is 0.0862. The van der Waals surface area contributed by atoms with E-state index in [0.29, 0.717) is 0 Å². The fourth-order valence-electron chi connectivity index (χ4n) is 3.98. The third-order valence-electron chi connectivity index (χ3n) is 5.66. The van der Waals surface area contributed by atoms with Gasteiger partial charge in [-0.3, -0.25) is 4.79 Å². The Morgan fingerprint density at radius 1 is 1.00 bits per heavy atom. The maximum Gasteiger partial charge on any atom is 0.193 e. The first-order valence-electron chi connectivity index (χ1n) is 10.5. The van der Waals surface area contributed by atoms with Gasteiger partial charge in [-0.05, 0) is 43.0 Å². The zero-order valence-corrected chi connectivity index (χ0v) is 17.2. The Hall–Kier alpha value is -3.13. The minimum atomic E-state index is 0.0862. The molecule has 0 unspecified atom stereocenters. The second-order valence-corrected chi connectivity index (χ2v) is 7.66. The van der Waals surface area contributed by atoms with Crippen molar-refractivity contribution in [2.24, 2.45) is 0 Å². The van der Waals surface area contributed by atoms with Crippen LogP contribution in [-0.2, 0) is 13.0 Å². The third kappa shape index (κ3) is 3.88. The molecule has 0 atom stereocenters. The Kier molecular flexibility index (Phi) is 5.62. The van der Waals surface area contributed by atoms with Crippen molar-refractivity contribution in [3.63, 3.8) is 0 Å². The molecule has 1 aliphatic heterocycles. The smallest absolute Gasteiger partial charge is 0.193 e. The number of carbonyl (C=O) groups is 1. The minimum absolute atomic E-state index is 0.0862. The Labute approximate surface area is 173 Å². The zero-order valence-electron chi connectivity index (χ0n) is 17.2. The summed E-state index contributed by atoms with van der Waals surface area (Å²) in [6.07, 6.45) is 7.68. The van der Waals surface area contributed by atoms with E-state index in [9.17, 15) is 4.79 Å². The average Bonchev–Trinajstić information content (AvgIpc) is 3.02. The molecule has 0 fully saturated rings. The zero-order chi connectivity index (χ0) is 20.2. The van der Waals surface area contributed by atoms with Crippen LogP contribution in [0.1, 0.15) is 48.4 Å². The van der Waals surface area contributed by atoms with Crippen LogP contribution in [0.4, 0.5) is 0 Å². The molecule has 0 amide bonds. The molecule has 3 aromatic rings. The molecular weight excluding hydrogens is 354 g/mol. The fourth-order valence-corrected chi connectivity index (χ4v) is 3.98. The van der Waals surface area contributed by atoms with Gasteiger partial charge in [-0.2, -0.15) is 0 Å². The quantitative estimate of drug-likeness (QED) is 0.434. The molecule has 0 saturated heterocycles. The van der Waals surface area contributed by atoms with Gasteiger partial charge < -0.3 is 4.57 Å². The highest BCUT2D eigenvalue weighted by molar-refractivity contribution is 6.14. The molecule has 2 heterocycles. The van der Waals surface area contributed by atoms with E-state index < -0.39 is 0 Å². The molecule has 2 heteroatoms. The van der Waals surface area contributed by atoms with Crippen LogP contribution in [0.5, 0.6) is 0 Å². The molecule has 2 nitrogen and oxygen atoms in total. The summed E-state index contributed by atoms with van der Waals surface area (Å²) in [5.41, 5.74) is 7.44. The van der Waals surface area contributed by atoms with Crippen molar-refractivity contribution in [3.05, 3.63) is 101 Å². The number of hydrogen-bond donors (Lipinski definition) is 0. The summed E-state index contributed by atoms with van der Waals surface area (Å²) in [4.78, 5) is 13.3. The molecule has 0 aliphatic carbocycles. The summed E-state index contributed by atoms with van der Waals surface area (Å²) in [6.45, 7) is 5.08. The summed E-state index contributed by atoms with van der Waals surface area (Å²) < 4.78 is 2.38. The largest absolute Gasteiger partial charge is 0.341 e. The predicted molar refractivity (Wildman–Crippen MR) is 121 cm³/mol. The highest BCUT2D eigenvalue weighted by atomic mass is 16.1. The van der Waals surface area contributed by atoms with Gasteiger partial charge in [0.25, 0.3) is 0 Å². The minimum Gasteiger partial charge on any atom is -0.341 e. The molecular formula is C27H27NO. The number of unbranched alkanes of at least 4 members (excludes halogenated alkanes) is 1. The van der Waals surface area contributed by atoms with Crippen LogP contribution in [-0.4, -0.2) is 10.4 Å². The molecule has 146 valence electrons. The van der Waals surface area contributed by atoms with Gasteiger partial charge in [0, 0.05) is 34.6 Å². The van der Waals surface area contributed by atoms with Crippen molar-refractivity contribution in [1.29, 1.82) is 0 Å². The van der Waals surface area contributed by atoms with Crippen molar-refractivity contribution in [2.75, 3.05) is 0 Å².